The zero-order chi connectivity index (χ0) is 21.0. The van der Waals surface area contributed by atoms with E-state index in [1.165, 1.54) is 16.1 Å². The quantitative estimate of drug-likeness (QED) is 0.760. The van der Waals surface area contributed by atoms with Crippen molar-refractivity contribution in [1.29, 1.82) is 0 Å². The fourth-order valence-electron chi connectivity index (χ4n) is 4.50. The van der Waals surface area contributed by atoms with Gasteiger partial charge >= 0.3 is 0 Å². The zero-order valence-electron chi connectivity index (χ0n) is 17.1. The van der Waals surface area contributed by atoms with Gasteiger partial charge in [0.1, 0.15) is 23.2 Å². The second kappa shape index (κ2) is 7.47. The molecule has 0 aliphatic carbocycles. The Bertz CT molecular complexity index is 842. The first kappa shape index (κ1) is 21.5. The second-order valence-electron chi connectivity index (χ2n) is 8.81. The second-order valence-corrected chi connectivity index (χ2v) is 12.6. The predicted octanol–water partition coefficient (Wildman–Crippen LogP) is 1.85. The minimum atomic E-state index is -3.60. The molecule has 1 aromatic carbocycles. The first-order valence-electron chi connectivity index (χ1n) is 9.85. The van der Waals surface area contributed by atoms with Gasteiger partial charge in [-0.05, 0) is 39.3 Å². The van der Waals surface area contributed by atoms with Crippen LogP contribution in [0.4, 0.5) is 0 Å². The van der Waals surface area contributed by atoms with E-state index in [2.05, 4.69) is 0 Å². The van der Waals surface area contributed by atoms with Crippen molar-refractivity contribution in [2.45, 2.75) is 72.2 Å². The molecule has 29 heavy (non-hydrogen) atoms. The lowest BCUT2D eigenvalue weighted by molar-refractivity contribution is -0.234. The number of sulfonamides is 1. The SMILES string of the molecule is CO[C@@H]1CO[C@]23CCN(S(=O)(=O)C(C)(C)C)[C@@H]1[C@H]2O[C@H](Sc1ccccc1)[C@@H]3O. The van der Waals surface area contributed by atoms with Crippen molar-refractivity contribution in [1.82, 2.24) is 4.31 Å². The maximum Gasteiger partial charge on any atom is 0.219 e. The normalized spacial score (nSPS) is 38.0. The highest BCUT2D eigenvalue weighted by atomic mass is 32.2. The standard InChI is InChI=1S/C20H29NO6S2/c1-19(2,3)29(23,24)21-11-10-20-16(22)18(28-13-8-6-5-7-9-13)27-17(20)15(21)14(25-4)12-26-20/h5-9,14-18,22H,10-12H2,1-4H3/t14-,15+,16+,17-,18-,20+/m1/s1. The van der Waals surface area contributed by atoms with Gasteiger partial charge in [0.25, 0.3) is 0 Å². The number of aliphatic hydroxyl groups excluding tert-OH is 1. The van der Waals surface area contributed by atoms with Crippen LogP contribution in [0.25, 0.3) is 0 Å². The summed E-state index contributed by atoms with van der Waals surface area (Å²) in [5.74, 6) is 0. The molecule has 2 bridgehead atoms. The van der Waals surface area contributed by atoms with Gasteiger partial charge in [-0.15, -0.1) is 0 Å². The number of thioether (sulfide) groups is 1. The monoisotopic (exact) mass is 443 g/mol. The van der Waals surface area contributed by atoms with Crippen molar-refractivity contribution >= 4 is 21.8 Å². The summed E-state index contributed by atoms with van der Waals surface area (Å²) in [7, 11) is -2.05. The van der Waals surface area contributed by atoms with Gasteiger partial charge in [0.15, 0.2) is 0 Å². The summed E-state index contributed by atoms with van der Waals surface area (Å²) in [5.41, 5.74) is -1.46. The molecule has 1 N–H and O–H groups in total. The third-order valence-corrected chi connectivity index (χ3v) is 9.90. The molecule has 0 radical (unpaired) electrons. The molecule has 1 aromatic rings. The Hall–Kier alpha value is -0.680. The molecule has 6 atom stereocenters. The van der Waals surface area contributed by atoms with Crippen molar-refractivity contribution in [3.63, 3.8) is 0 Å². The highest BCUT2D eigenvalue weighted by Gasteiger charge is 2.68. The van der Waals surface area contributed by atoms with Gasteiger partial charge in [0, 0.05) is 18.6 Å². The summed E-state index contributed by atoms with van der Waals surface area (Å²) in [5, 5.41) is 11.2. The summed E-state index contributed by atoms with van der Waals surface area (Å²) in [4.78, 5) is 0.976. The molecule has 4 rings (SSSR count). The van der Waals surface area contributed by atoms with Gasteiger partial charge in [-0.3, -0.25) is 0 Å². The van der Waals surface area contributed by atoms with E-state index in [1.807, 2.05) is 30.3 Å². The summed E-state index contributed by atoms with van der Waals surface area (Å²) in [6.45, 7) is 5.58. The number of aliphatic hydroxyl groups is 1. The number of benzene rings is 1. The summed E-state index contributed by atoms with van der Waals surface area (Å²) >= 11 is 1.43. The average Bonchev–Trinajstić information content (AvgIpc) is 2.95. The Morgan fingerprint density at radius 3 is 2.59 bits per heavy atom. The molecule has 3 aliphatic heterocycles. The van der Waals surface area contributed by atoms with Crippen LogP contribution in [0.15, 0.2) is 35.2 Å². The first-order chi connectivity index (χ1) is 13.6. The smallest absolute Gasteiger partial charge is 0.219 e. The third kappa shape index (κ3) is 3.35. The topological polar surface area (TPSA) is 85.3 Å². The Balaban J connectivity index is 1.69. The van der Waals surface area contributed by atoms with Crippen LogP contribution in [0, 0.1) is 0 Å². The molecule has 0 spiro atoms. The molecule has 3 saturated heterocycles. The van der Waals surface area contributed by atoms with E-state index in [1.54, 1.807) is 27.9 Å². The third-order valence-electron chi connectivity index (χ3n) is 6.16. The first-order valence-corrected chi connectivity index (χ1v) is 12.2. The largest absolute Gasteiger partial charge is 0.386 e. The molecule has 0 unspecified atom stereocenters. The van der Waals surface area contributed by atoms with Crippen LogP contribution in [0.5, 0.6) is 0 Å². The van der Waals surface area contributed by atoms with Gasteiger partial charge < -0.3 is 19.3 Å². The van der Waals surface area contributed by atoms with Crippen LogP contribution in [0.3, 0.4) is 0 Å². The minimum Gasteiger partial charge on any atom is -0.386 e. The van der Waals surface area contributed by atoms with Crippen LogP contribution >= 0.6 is 11.8 Å². The van der Waals surface area contributed by atoms with E-state index < -0.39 is 50.2 Å². The van der Waals surface area contributed by atoms with E-state index in [-0.39, 0.29) is 13.2 Å². The number of nitrogens with zero attached hydrogens (tertiary/aromatic N) is 1. The van der Waals surface area contributed by atoms with Gasteiger partial charge in [-0.1, -0.05) is 30.0 Å². The van der Waals surface area contributed by atoms with Crippen LogP contribution in [-0.4, -0.2) is 78.2 Å². The highest BCUT2D eigenvalue weighted by Crippen LogP contribution is 2.51. The summed E-state index contributed by atoms with van der Waals surface area (Å²) < 4.78 is 45.3. The number of hydrogen-bond acceptors (Lipinski definition) is 7. The van der Waals surface area contributed by atoms with Gasteiger partial charge in [-0.25, -0.2) is 8.42 Å². The van der Waals surface area contributed by atoms with E-state index in [4.69, 9.17) is 14.2 Å². The molecular weight excluding hydrogens is 414 g/mol. The molecule has 9 heteroatoms. The lowest BCUT2D eigenvalue weighted by Gasteiger charge is -2.54. The van der Waals surface area contributed by atoms with Crippen molar-refractivity contribution in [3.05, 3.63) is 30.3 Å². The Morgan fingerprint density at radius 2 is 1.97 bits per heavy atom. The Labute approximate surface area is 176 Å². The minimum absolute atomic E-state index is 0.219. The molecular formula is C20H29NO6S2. The number of rotatable bonds is 4. The van der Waals surface area contributed by atoms with Crippen LogP contribution in [-0.2, 0) is 24.2 Å². The van der Waals surface area contributed by atoms with E-state index in [0.29, 0.717) is 6.42 Å². The van der Waals surface area contributed by atoms with Crippen LogP contribution in [0.1, 0.15) is 27.2 Å². The molecule has 0 saturated carbocycles. The zero-order valence-corrected chi connectivity index (χ0v) is 18.8. The molecule has 3 heterocycles. The predicted molar refractivity (Wildman–Crippen MR) is 110 cm³/mol. The van der Waals surface area contributed by atoms with E-state index >= 15 is 0 Å². The number of hydrogen-bond donors (Lipinski definition) is 1. The fourth-order valence-corrected chi connectivity index (χ4v) is 7.22. The van der Waals surface area contributed by atoms with Gasteiger partial charge in [-0.2, -0.15) is 4.31 Å². The molecule has 3 fully saturated rings. The molecule has 162 valence electrons. The number of piperidine rings is 1. The van der Waals surface area contributed by atoms with Crippen molar-refractivity contribution in [3.8, 4) is 0 Å². The van der Waals surface area contributed by atoms with E-state index in [9.17, 15) is 13.5 Å². The maximum absolute atomic E-state index is 13.3. The Morgan fingerprint density at radius 1 is 1.28 bits per heavy atom. The number of methoxy groups -OCH3 is 1. The van der Waals surface area contributed by atoms with Crippen molar-refractivity contribution < 1.29 is 27.7 Å². The molecule has 0 amide bonds. The van der Waals surface area contributed by atoms with Gasteiger partial charge in [0.05, 0.1) is 23.5 Å². The average molecular weight is 444 g/mol. The van der Waals surface area contributed by atoms with Crippen molar-refractivity contribution in [2.24, 2.45) is 0 Å². The number of ether oxygens (including phenoxy) is 3. The molecule has 0 aromatic heterocycles. The molecule has 7 nitrogen and oxygen atoms in total. The highest BCUT2D eigenvalue weighted by molar-refractivity contribution is 7.99. The summed E-state index contributed by atoms with van der Waals surface area (Å²) in [6.07, 6.45) is -1.54. The lowest BCUT2D eigenvalue weighted by Crippen LogP contribution is -2.73. The van der Waals surface area contributed by atoms with Crippen LogP contribution in [0.2, 0.25) is 0 Å². The Kier molecular flexibility index (Phi) is 5.55. The van der Waals surface area contributed by atoms with Crippen molar-refractivity contribution in [2.75, 3.05) is 20.3 Å². The van der Waals surface area contributed by atoms with Crippen LogP contribution < -0.4 is 0 Å². The fraction of sp³-hybridized carbons (Fsp3) is 0.700. The van der Waals surface area contributed by atoms with E-state index in [0.717, 1.165) is 4.90 Å². The van der Waals surface area contributed by atoms with Gasteiger partial charge in [0.2, 0.25) is 10.0 Å². The summed E-state index contributed by atoms with van der Waals surface area (Å²) in [6, 6.07) is 9.18. The molecule has 3 aliphatic rings. The maximum atomic E-state index is 13.3. The lowest BCUT2D eigenvalue weighted by atomic mass is 9.78.